The van der Waals surface area contributed by atoms with Crippen molar-refractivity contribution in [3.05, 3.63) is 21.7 Å². The van der Waals surface area contributed by atoms with E-state index in [0.29, 0.717) is 16.6 Å². The third-order valence-electron chi connectivity index (χ3n) is 3.25. The van der Waals surface area contributed by atoms with Crippen molar-refractivity contribution in [3.8, 4) is 5.88 Å². The Morgan fingerprint density at radius 3 is 2.68 bits per heavy atom. The summed E-state index contributed by atoms with van der Waals surface area (Å²) < 4.78 is 0. The Morgan fingerprint density at radius 1 is 1.42 bits per heavy atom. The monoisotopic (exact) mass is 300 g/mol. The lowest BCUT2D eigenvalue weighted by Gasteiger charge is -2.29. The van der Waals surface area contributed by atoms with Crippen LogP contribution in [0.4, 0.5) is 0 Å². The molecule has 0 bridgehead atoms. The minimum Gasteiger partial charge on any atom is -0.493 e. The number of nitrogens with zero attached hydrogens (tertiary/aromatic N) is 1. The van der Waals surface area contributed by atoms with Crippen molar-refractivity contribution in [1.29, 1.82) is 0 Å². The van der Waals surface area contributed by atoms with Crippen LogP contribution in [0.15, 0.2) is 4.79 Å². The van der Waals surface area contributed by atoms with Gasteiger partial charge in [-0.3, -0.25) is 4.79 Å². The van der Waals surface area contributed by atoms with Gasteiger partial charge in [-0.2, -0.15) is 16.7 Å². The molecule has 1 fully saturated rings. The van der Waals surface area contributed by atoms with Crippen molar-refractivity contribution < 1.29 is 5.11 Å². The van der Waals surface area contributed by atoms with Crippen LogP contribution >= 0.6 is 23.5 Å². The van der Waals surface area contributed by atoms with Crippen molar-refractivity contribution >= 4 is 23.5 Å². The molecule has 1 aromatic heterocycles. The molecule has 1 aliphatic heterocycles. The summed E-state index contributed by atoms with van der Waals surface area (Å²) >= 11 is 3.74. The van der Waals surface area contributed by atoms with Gasteiger partial charge in [0.2, 0.25) is 5.88 Å². The fraction of sp³-hybridized carbons (Fsp3) is 0.692. The van der Waals surface area contributed by atoms with E-state index in [0.717, 1.165) is 17.9 Å². The molecule has 19 heavy (non-hydrogen) atoms. The van der Waals surface area contributed by atoms with E-state index in [2.05, 4.69) is 16.9 Å². The first-order valence-electron chi connectivity index (χ1n) is 6.60. The predicted molar refractivity (Wildman–Crippen MR) is 82.3 cm³/mol. The molecule has 2 rings (SSSR count). The van der Waals surface area contributed by atoms with Gasteiger partial charge in [0.25, 0.3) is 5.56 Å². The van der Waals surface area contributed by atoms with Crippen LogP contribution in [0.2, 0.25) is 0 Å². The lowest BCUT2D eigenvalue weighted by atomic mass is 10.1. The maximum absolute atomic E-state index is 12.1. The number of nitrogens with one attached hydrogen (secondary N) is 1. The predicted octanol–water partition coefficient (Wildman–Crippen LogP) is 2.90. The highest BCUT2D eigenvalue weighted by molar-refractivity contribution is 8.06. The van der Waals surface area contributed by atoms with Crippen LogP contribution in [-0.4, -0.2) is 31.8 Å². The molecule has 0 aromatic carbocycles. The molecule has 2 atom stereocenters. The number of H-pyrrole nitrogens is 1. The van der Waals surface area contributed by atoms with Crippen LogP contribution in [0.1, 0.15) is 49.7 Å². The largest absolute Gasteiger partial charge is 0.493 e. The zero-order valence-corrected chi connectivity index (χ0v) is 13.1. The van der Waals surface area contributed by atoms with Crippen LogP contribution in [0.3, 0.4) is 0 Å². The summed E-state index contributed by atoms with van der Waals surface area (Å²) in [5, 5.41) is 10.6. The number of aromatic nitrogens is 2. The van der Waals surface area contributed by atoms with Crippen molar-refractivity contribution in [2.24, 2.45) is 0 Å². The fourth-order valence-corrected chi connectivity index (χ4v) is 5.31. The summed E-state index contributed by atoms with van der Waals surface area (Å²) in [6.45, 7) is 5.91. The van der Waals surface area contributed by atoms with Gasteiger partial charge in [0.1, 0.15) is 5.82 Å². The van der Waals surface area contributed by atoms with E-state index in [4.69, 9.17) is 0 Å². The Bertz CT molecular complexity index is 502. The van der Waals surface area contributed by atoms with Crippen LogP contribution in [0.5, 0.6) is 5.88 Å². The summed E-state index contributed by atoms with van der Waals surface area (Å²) in [4.78, 5) is 19.2. The van der Waals surface area contributed by atoms with Crippen LogP contribution in [-0.2, 0) is 0 Å². The summed E-state index contributed by atoms with van der Waals surface area (Å²) in [5.41, 5.74) is 0.175. The number of aromatic amines is 1. The lowest BCUT2D eigenvalue weighted by molar-refractivity contribution is 0.435. The average Bonchev–Trinajstić information content (AvgIpc) is 2.37. The molecular weight excluding hydrogens is 280 g/mol. The second-order valence-electron chi connectivity index (χ2n) is 4.95. The van der Waals surface area contributed by atoms with Gasteiger partial charge in [-0.25, -0.2) is 0 Å². The second-order valence-corrected chi connectivity index (χ2v) is 7.55. The zero-order valence-electron chi connectivity index (χ0n) is 11.5. The second kappa shape index (κ2) is 6.22. The van der Waals surface area contributed by atoms with E-state index >= 15 is 0 Å². The molecule has 2 unspecified atom stereocenters. The molecule has 1 saturated heterocycles. The maximum atomic E-state index is 12.1. The van der Waals surface area contributed by atoms with Gasteiger partial charge in [0.15, 0.2) is 0 Å². The molecule has 1 aromatic rings. The number of thioether (sulfide) groups is 2. The molecule has 2 N–H and O–H groups in total. The molecule has 0 radical (unpaired) electrons. The van der Waals surface area contributed by atoms with Crippen molar-refractivity contribution in [2.75, 3.05) is 11.5 Å². The quantitative estimate of drug-likeness (QED) is 0.898. The molecule has 1 aliphatic rings. The van der Waals surface area contributed by atoms with E-state index in [1.165, 1.54) is 0 Å². The molecule has 6 heteroatoms. The SMILES string of the molecule is CCC1SCCSC1c1nc(O)c(C(C)C)c(=O)[nH]1. The third kappa shape index (κ3) is 3.11. The standard InChI is InChI=1S/C13H20N2O2S2/c1-4-8-10(19-6-5-18-8)11-14-12(16)9(7(2)3)13(17)15-11/h7-8,10H,4-6H2,1-3H3,(H2,14,15,16,17). The van der Waals surface area contributed by atoms with Gasteiger partial charge >= 0.3 is 0 Å². The minimum absolute atomic E-state index is 0.0272. The van der Waals surface area contributed by atoms with E-state index in [9.17, 15) is 9.90 Å². The topological polar surface area (TPSA) is 66.0 Å². The molecule has 0 amide bonds. The molecule has 2 heterocycles. The first kappa shape index (κ1) is 14.8. The molecular formula is C13H20N2O2S2. The summed E-state index contributed by atoms with van der Waals surface area (Å²) in [6, 6.07) is 0. The Balaban J connectivity index is 2.38. The Kier molecular flexibility index (Phi) is 4.84. The van der Waals surface area contributed by atoms with Gasteiger partial charge in [-0.1, -0.05) is 20.8 Å². The fourth-order valence-electron chi connectivity index (χ4n) is 2.30. The smallest absolute Gasteiger partial charge is 0.258 e. The van der Waals surface area contributed by atoms with Crippen LogP contribution in [0.25, 0.3) is 0 Å². The van der Waals surface area contributed by atoms with Gasteiger partial charge in [-0.15, -0.1) is 11.8 Å². The number of hydrogen-bond donors (Lipinski definition) is 2. The first-order valence-corrected chi connectivity index (χ1v) is 8.70. The van der Waals surface area contributed by atoms with Gasteiger partial charge in [0, 0.05) is 16.8 Å². The molecule has 106 valence electrons. The Hall–Kier alpha value is -0.620. The van der Waals surface area contributed by atoms with E-state index in [-0.39, 0.29) is 22.6 Å². The lowest BCUT2D eigenvalue weighted by Crippen LogP contribution is -2.25. The highest BCUT2D eigenvalue weighted by Gasteiger charge is 2.29. The molecule has 4 nitrogen and oxygen atoms in total. The van der Waals surface area contributed by atoms with Crippen LogP contribution in [0, 0.1) is 0 Å². The van der Waals surface area contributed by atoms with Gasteiger partial charge < -0.3 is 10.1 Å². The normalized spacial score (nSPS) is 23.8. The van der Waals surface area contributed by atoms with Gasteiger partial charge in [0.05, 0.1) is 10.8 Å². The van der Waals surface area contributed by atoms with E-state index in [1.54, 1.807) is 0 Å². The van der Waals surface area contributed by atoms with Crippen molar-refractivity contribution in [3.63, 3.8) is 0 Å². The highest BCUT2D eigenvalue weighted by Crippen LogP contribution is 2.42. The van der Waals surface area contributed by atoms with Gasteiger partial charge in [-0.05, 0) is 12.3 Å². The highest BCUT2D eigenvalue weighted by atomic mass is 32.2. The Morgan fingerprint density at radius 2 is 2.11 bits per heavy atom. The molecule has 0 spiro atoms. The first-order chi connectivity index (χ1) is 9.04. The van der Waals surface area contributed by atoms with Crippen molar-refractivity contribution in [1.82, 2.24) is 9.97 Å². The van der Waals surface area contributed by atoms with E-state index in [1.807, 2.05) is 37.4 Å². The summed E-state index contributed by atoms with van der Waals surface area (Å²) in [6.07, 6.45) is 1.04. The van der Waals surface area contributed by atoms with E-state index < -0.39 is 0 Å². The number of rotatable bonds is 3. The molecule has 0 saturated carbocycles. The average molecular weight is 300 g/mol. The number of aromatic hydroxyl groups is 1. The molecule has 0 aliphatic carbocycles. The van der Waals surface area contributed by atoms with Crippen LogP contribution < -0.4 is 5.56 Å². The third-order valence-corrected chi connectivity index (χ3v) is 6.51. The summed E-state index contributed by atoms with van der Waals surface area (Å²) in [5.74, 6) is 2.68. The number of hydrogen-bond acceptors (Lipinski definition) is 5. The Labute approximate surface area is 121 Å². The summed E-state index contributed by atoms with van der Waals surface area (Å²) in [7, 11) is 0. The zero-order chi connectivity index (χ0) is 14.0. The maximum Gasteiger partial charge on any atom is 0.258 e. The minimum atomic E-state index is -0.205. The van der Waals surface area contributed by atoms with Crippen molar-refractivity contribution in [2.45, 2.75) is 43.6 Å².